The summed E-state index contributed by atoms with van der Waals surface area (Å²) >= 11 is 20.2. The van der Waals surface area contributed by atoms with Crippen molar-refractivity contribution in [1.82, 2.24) is 9.13 Å². The van der Waals surface area contributed by atoms with Gasteiger partial charge in [-0.3, -0.25) is 9.36 Å². The minimum Gasteiger partial charge on any atom is -0.463 e. The van der Waals surface area contributed by atoms with E-state index in [4.69, 9.17) is 39.5 Å². The molecule has 3 heterocycles. The second-order valence-electron chi connectivity index (χ2n) is 9.08. The van der Waals surface area contributed by atoms with E-state index in [9.17, 15) is 9.59 Å². The van der Waals surface area contributed by atoms with Crippen LogP contribution in [0.4, 0.5) is 0 Å². The molecule has 0 saturated carbocycles. The molecule has 0 saturated heterocycles. The van der Waals surface area contributed by atoms with Gasteiger partial charge in [0.2, 0.25) is 0 Å². The third-order valence-corrected chi connectivity index (χ3v) is 8.70. The Hall–Kier alpha value is -3.10. The van der Waals surface area contributed by atoms with Crippen LogP contribution < -0.4 is 14.9 Å². The first kappa shape index (κ1) is 27.5. The van der Waals surface area contributed by atoms with Gasteiger partial charge in [0.05, 0.1) is 32.5 Å². The highest BCUT2D eigenvalue weighted by atomic mass is 35.5. The Labute approximate surface area is 244 Å². The van der Waals surface area contributed by atoms with Gasteiger partial charge in [0.25, 0.3) is 5.56 Å². The number of rotatable bonds is 5. The highest BCUT2D eigenvalue weighted by Crippen LogP contribution is 2.34. The number of halogens is 3. The molecule has 0 radical (unpaired) electrons. The van der Waals surface area contributed by atoms with E-state index < -0.39 is 12.0 Å². The number of hydrogen-bond donors (Lipinski definition) is 0. The van der Waals surface area contributed by atoms with Crippen LogP contribution in [0, 0.1) is 13.8 Å². The smallest absolute Gasteiger partial charge is 0.338 e. The second kappa shape index (κ2) is 10.8. The number of carbonyl (C=O) groups excluding carboxylic acids is 1. The van der Waals surface area contributed by atoms with Gasteiger partial charge in [-0.25, -0.2) is 9.79 Å². The van der Waals surface area contributed by atoms with Gasteiger partial charge >= 0.3 is 5.97 Å². The zero-order valence-corrected chi connectivity index (χ0v) is 24.7. The first-order valence-corrected chi connectivity index (χ1v) is 14.2. The van der Waals surface area contributed by atoms with Crippen LogP contribution in [0.15, 0.2) is 69.6 Å². The van der Waals surface area contributed by atoms with Gasteiger partial charge in [-0.2, -0.15) is 0 Å². The van der Waals surface area contributed by atoms with E-state index >= 15 is 0 Å². The summed E-state index contributed by atoms with van der Waals surface area (Å²) in [7, 11) is 0. The van der Waals surface area contributed by atoms with Crippen LogP contribution >= 0.6 is 46.1 Å². The van der Waals surface area contributed by atoms with E-state index in [1.807, 2.05) is 50.3 Å². The van der Waals surface area contributed by atoms with Gasteiger partial charge in [-0.1, -0.05) is 64.3 Å². The van der Waals surface area contributed by atoms with E-state index in [0.29, 0.717) is 41.2 Å². The summed E-state index contributed by atoms with van der Waals surface area (Å²) in [5.41, 5.74) is 4.79. The second-order valence-corrected chi connectivity index (χ2v) is 11.3. The lowest BCUT2D eigenvalue weighted by Crippen LogP contribution is -2.40. The van der Waals surface area contributed by atoms with Gasteiger partial charge in [0, 0.05) is 22.1 Å². The number of esters is 1. The first-order chi connectivity index (χ1) is 18.6. The quantitative estimate of drug-likeness (QED) is 0.258. The molecule has 0 amide bonds. The Morgan fingerprint density at radius 3 is 2.49 bits per heavy atom. The Kier molecular flexibility index (Phi) is 7.62. The Morgan fingerprint density at radius 1 is 1.05 bits per heavy atom. The predicted octanol–water partition coefficient (Wildman–Crippen LogP) is 6.17. The number of aryl methyl sites for hydroxylation is 1. The summed E-state index contributed by atoms with van der Waals surface area (Å²) in [6.07, 6.45) is 1.85. The highest BCUT2D eigenvalue weighted by Gasteiger charge is 2.34. The zero-order valence-electron chi connectivity index (χ0n) is 21.6. The monoisotopic (exact) mass is 599 g/mol. The molecule has 39 heavy (non-hydrogen) atoms. The molecule has 5 rings (SSSR count). The average molecular weight is 601 g/mol. The summed E-state index contributed by atoms with van der Waals surface area (Å²) in [4.78, 5) is 32.1. The molecule has 2 aromatic carbocycles. The van der Waals surface area contributed by atoms with E-state index in [1.54, 1.807) is 32.0 Å². The van der Waals surface area contributed by atoms with Crippen LogP contribution in [0.2, 0.25) is 15.1 Å². The molecule has 0 fully saturated rings. The molecule has 0 N–H and O–H groups in total. The van der Waals surface area contributed by atoms with Crippen LogP contribution in [0.25, 0.3) is 11.8 Å². The number of aromatic nitrogens is 2. The fourth-order valence-electron chi connectivity index (χ4n) is 4.88. The maximum absolute atomic E-state index is 13.9. The molecule has 200 valence electrons. The molecule has 4 aromatic rings. The topological polar surface area (TPSA) is 65.6 Å². The SMILES string of the molecule is CCOC(=O)C1=C(C)N=c2sc(=Cc3cc(C)n(-c4ccc(Cl)c(Cl)c4)c3C)c(=O)n2C1c1ccccc1Cl. The third kappa shape index (κ3) is 4.89. The number of fused-ring (bicyclic) bond motifs is 1. The number of allylic oxidation sites excluding steroid dienone is 1. The molecule has 2 aromatic heterocycles. The summed E-state index contributed by atoms with van der Waals surface area (Å²) in [5.74, 6) is -0.525. The predicted molar refractivity (Wildman–Crippen MR) is 157 cm³/mol. The van der Waals surface area contributed by atoms with E-state index in [2.05, 4.69) is 9.56 Å². The number of ether oxygens (including phenoxy) is 1. The fourth-order valence-corrected chi connectivity index (χ4v) is 6.45. The Balaban J connectivity index is 1.70. The maximum atomic E-state index is 13.9. The van der Waals surface area contributed by atoms with Crippen molar-refractivity contribution in [2.45, 2.75) is 33.7 Å². The summed E-state index contributed by atoms with van der Waals surface area (Å²) in [5, 5.41) is 1.39. The largest absolute Gasteiger partial charge is 0.463 e. The molecular weight excluding hydrogens is 577 g/mol. The molecule has 1 atom stereocenters. The van der Waals surface area contributed by atoms with Crippen molar-refractivity contribution < 1.29 is 9.53 Å². The van der Waals surface area contributed by atoms with Crippen molar-refractivity contribution in [1.29, 1.82) is 0 Å². The normalized spacial score (nSPS) is 15.4. The molecule has 1 aliphatic heterocycles. The van der Waals surface area contributed by atoms with Crippen molar-refractivity contribution in [3.05, 3.63) is 117 Å². The van der Waals surface area contributed by atoms with Gasteiger partial charge in [0.1, 0.15) is 6.04 Å². The van der Waals surface area contributed by atoms with Crippen molar-refractivity contribution in [3.8, 4) is 5.69 Å². The first-order valence-electron chi connectivity index (χ1n) is 12.2. The number of nitrogens with zero attached hydrogens (tertiary/aromatic N) is 3. The Bertz CT molecular complexity index is 1850. The van der Waals surface area contributed by atoms with Crippen molar-refractivity contribution in [2.75, 3.05) is 6.61 Å². The molecule has 0 bridgehead atoms. The van der Waals surface area contributed by atoms with Crippen LogP contribution in [-0.4, -0.2) is 21.7 Å². The summed E-state index contributed by atoms with van der Waals surface area (Å²) < 4.78 is 9.43. The summed E-state index contributed by atoms with van der Waals surface area (Å²) in [6.45, 7) is 7.65. The van der Waals surface area contributed by atoms with Gasteiger partial charge in [-0.15, -0.1) is 0 Å². The summed E-state index contributed by atoms with van der Waals surface area (Å²) in [6, 6.07) is 13.9. The van der Waals surface area contributed by atoms with Crippen LogP contribution in [-0.2, 0) is 9.53 Å². The van der Waals surface area contributed by atoms with E-state index in [0.717, 1.165) is 22.6 Å². The van der Waals surface area contributed by atoms with Gasteiger partial charge in [-0.05, 0) is 75.2 Å². The molecular formula is C29H24Cl3N3O3S. The van der Waals surface area contributed by atoms with Crippen LogP contribution in [0.1, 0.15) is 42.4 Å². The number of thiazole rings is 1. The molecule has 10 heteroatoms. The molecule has 0 aliphatic carbocycles. The van der Waals surface area contributed by atoms with E-state index in [-0.39, 0.29) is 12.2 Å². The lowest BCUT2D eigenvalue weighted by molar-refractivity contribution is -0.139. The van der Waals surface area contributed by atoms with Crippen LogP contribution in [0.3, 0.4) is 0 Å². The van der Waals surface area contributed by atoms with Gasteiger partial charge in [0.15, 0.2) is 4.80 Å². The number of hydrogen-bond acceptors (Lipinski definition) is 5. The van der Waals surface area contributed by atoms with Gasteiger partial charge < -0.3 is 9.30 Å². The lowest BCUT2D eigenvalue weighted by Gasteiger charge is -2.25. The standard InChI is InChI=1S/C29H24Cl3N3O3S/c1-5-38-28(37)25-16(3)33-29-35(26(25)20-8-6-7-9-21(20)30)27(36)24(39-29)13-18-12-15(2)34(17(18)4)19-10-11-22(31)23(32)14-19/h6-14,26H,5H2,1-4H3. The average Bonchev–Trinajstić information content (AvgIpc) is 3.34. The fraction of sp³-hybridized carbons (Fsp3) is 0.207. The maximum Gasteiger partial charge on any atom is 0.338 e. The van der Waals surface area contributed by atoms with E-state index in [1.165, 1.54) is 15.9 Å². The third-order valence-electron chi connectivity index (χ3n) is 6.64. The molecule has 0 spiro atoms. The van der Waals surface area contributed by atoms with Crippen molar-refractivity contribution in [3.63, 3.8) is 0 Å². The Morgan fingerprint density at radius 2 is 1.79 bits per heavy atom. The minimum absolute atomic E-state index is 0.198. The number of benzene rings is 2. The van der Waals surface area contributed by atoms with Crippen molar-refractivity contribution in [2.24, 2.45) is 4.99 Å². The lowest BCUT2D eigenvalue weighted by atomic mass is 9.96. The molecule has 6 nitrogen and oxygen atoms in total. The highest BCUT2D eigenvalue weighted by molar-refractivity contribution is 7.07. The molecule has 1 aliphatic rings. The molecule has 1 unspecified atom stereocenters. The zero-order chi connectivity index (χ0) is 28.0. The number of carbonyl (C=O) groups is 1. The van der Waals surface area contributed by atoms with Crippen molar-refractivity contribution >= 4 is 58.2 Å². The van der Waals surface area contributed by atoms with Crippen LogP contribution in [0.5, 0.6) is 0 Å². The minimum atomic E-state index is -0.764.